The molecule has 3 aliphatic rings. The monoisotopic (exact) mass is 445 g/mol. The van der Waals surface area contributed by atoms with Crippen LogP contribution in [0.3, 0.4) is 0 Å². The van der Waals surface area contributed by atoms with Crippen LogP contribution in [0.2, 0.25) is 0 Å². The number of esters is 1. The van der Waals surface area contributed by atoms with Gasteiger partial charge < -0.3 is 19.1 Å². The fourth-order valence-electron chi connectivity index (χ4n) is 4.93. The number of carbonyl (C=O) groups excluding carboxylic acids is 1. The van der Waals surface area contributed by atoms with E-state index in [0.29, 0.717) is 30.7 Å². The zero-order valence-electron chi connectivity index (χ0n) is 19.8. The molecular weight excluding hydrogens is 406 g/mol. The van der Waals surface area contributed by atoms with E-state index in [9.17, 15) is 4.79 Å². The molecule has 178 valence electrons. The van der Waals surface area contributed by atoms with Gasteiger partial charge in [0.1, 0.15) is 11.6 Å². The first kappa shape index (κ1) is 23.3. The summed E-state index contributed by atoms with van der Waals surface area (Å²) in [5, 5.41) is 0. The van der Waals surface area contributed by atoms with E-state index < -0.39 is 5.60 Å². The maximum atomic E-state index is 12.3. The third-order valence-corrected chi connectivity index (χ3v) is 7.06. The summed E-state index contributed by atoms with van der Waals surface area (Å²) in [6.07, 6.45) is 13.4. The van der Waals surface area contributed by atoms with Crippen LogP contribution in [0.25, 0.3) is 0 Å². The SMILES string of the molecule is CCCOC1CCN(c2cc(OC3(C(=O)OC)CC3)nc(C3CCCCCCC3)n2)CC1. The third kappa shape index (κ3) is 5.72. The minimum absolute atomic E-state index is 0.306. The zero-order chi connectivity index (χ0) is 22.4. The normalized spacial score (nSPS) is 22.1. The molecule has 7 nitrogen and oxygen atoms in total. The Morgan fingerprint density at radius 2 is 1.75 bits per heavy atom. The molecule has 0 amide bonds. The van der Waals surface area contributed by atoms with Crippen molar-refractivity contribution in [3.8, 4) is 5.88 Å². The highest BCUT2D eigenvalue weighted by Gasteiger charge is 2.54. The van der Waals surface area contributed by atoms with Crippen molar-refractivity contribution in [3.63, 3.8) is 0 Å². The lowest BCUT2D eigenvalue weighted by molar-refractivity contribution is -0.151. The number of rotatable bonds is 8. The number of methoxy groups -OCH3 is 1. The Kier molecular flexibility index (Phi) is 7.87. The lowest BCUT2D eigenvalue weighted by atomic mass is 9.90. The Balaban J connectivity index is 1.54. The topological polar surface area (TPSA) is 73.8 Å². The van der Waals surface area contributed by atoms with E-state index in [1.165, 1.54) is 39.2 Å². The van der Waals surface area contributed by atoms with Crippen molar-refractivity contribution in [2.24, 2.45) is 0 Å². The molecule has 2 saturated carbocycles. The summed E-state index contributed by atoms with van der Waals surface area (Å²) in [7, 11) is 1.42. The second kappa shape index (κ2) is 10.8. The van der Waals surface area contributed by atoms with Crippen molar-refractivity contribution in [2.45, 2.75) is 102 Å². The van der Waals surface area contributed by atoms with E-state index in [2.05, 4.69) is 11.8 Å². The fourth-order valence-corrected chi connectivity index (χ4v) is 4.93. The van der Waals surface area contributed by atoms with Crippen molar-refractivity contribution in [1.29, 1.82) is 0 Å². The highest BCUT2D eigenvalue weighted by Crippen LogP contribution is 2.42. The van der Waals surface area contributed by atoms with E-state index >= 15 is 0 Å². The van der Waals surface area contributed by atoms with Gasteiger partial charge in [0.2, 0.25) is 11.5 Å². The first-order chi connectivity index (χ1) is 15.6. The summed E-state index contributed by atoms with van der Waals surface area (Å²) < 4.78 is 17.1. The van der Waals surface area contributed by atoms with Gasteiger partial charge in [-0.2, -0.15) is 4.98 Å². The van der Waals surface area contributed by atoms with Gasteiger partial charge in [0.15, 0.2) is 0 Å². The van der Waals surface area contributed by atoms with Crippen LogP contribution < -0.4 is 9.64 Å². The Hall–Kier alpha value is -1.89. The van der Waals surface area contributed by atoms with Crippen LogP contribution in [0, 0.1) is 0 Å². The Morgan fingerprint density at radius 3 is 2.38 bits per heavy atom. The van der Waals surface area contributed by atoms with Crippen molar-refractivity contribution >= 4 is 11.8 Å². The summed E-state index contributed by atoms with van der Waals surface area (Å²) in [6, 6.07) is 1.92. The van der Waals surface area contributed by atoms with Crippen LogP contribution in [-0.2, 0) is 14.3 Å². The summed E-state index contributed by atoms with van der Waals surface area (Å²) in [5.41, 5.74) is -0.862. The van der Waals surface area contributed by atoms with Gasteiger partial charge in [-0.15, -0.1) is 0 Å². The fraction of sp³-hybridized carbons (Fsp3) is 0.800. The van der Waals surface area contributed by atoms with Gasteiger partial charge in [-0.25, -0.2) is 9.78 Å². The second-order valence-electron chi connectivity index (χ2n) is 9.61. The molecule has 4 rings (SSSR count). The molecule has 1 aliphatic heterocycles. The van der Waals surface area contributed by atoms with E-state index in [4.69, 9.17) is 24.2 Å². The number of piperidine rings is 1. The molecule has 32 heavy (non-hydrogen) atoms. The highest BCUT2D eigenvalue weighted by atomic mass is 16.6. The molecule has 0 unspecified atom stereocenters. The van der Waals surface area contributed by atoms with Crippen LogP contribution in [0.1, 0.15) is 95.7 Å². The van der Waals surface area contributed by atoms with Gasteiger partial charge >= 0.3 is 5.97 Å². The molecule has 0 bridgehead atoms. The van der Waals surface area contributed by atoms with E-state index in [0.717, 1.165) is 63.4 Å². The smallest absolute Gasteiger partial charge is 0.350 e. The van der Waals surface area contributed by atoms with Gasteiger partial charge in [-0.05, 0) is 32.1 Å². The van der Waals surface area contributed by atoms with Crippen molar-refractivity contribution in [2.75, 3.05) is 31.7 Å². The molecule has 0 radical (unpaired) electrons. The second-order valence-corrected chi connectivity index (χ2v) is 9.61. The van der Waals surface area contributed by atoms with Crippen LogP contribution in [-0.4, -0.2) is 54.4 Å². The van der Waals surface area contributed by atoms with Crippen LogP contribution in [0.4, 0.5) is 5.82 Å². The van der Waals surface area contributed by atoms with Crippen LogP contribution >= 0.6 is 0 Å². The minimum atomic E-state index is -0.862. The molecule has 2 heterocycles. The summed E-state index contributed by atoms with van der Waals surface area (Å²) in [4.78, 5) is 24.5. The predicted octanol–water partition coefficient (Wildman–Crippen LogP) is 4.78. The third-order valence-electron chi connectivity index (χ3n) is 7.06. The molecule has 1 saturated heterocycles. The molecule has 0 aromatic carbocycles. The van der Waals surface area contributed by atoms with Gasteiger partial charge in [-0.1, -0.05) is 39.0 Å². The molecule has 0 N–H and O–H groups in total. The lowest BCUT2D eigenvalue weighted by Gasteiger charge is -2.33. The Bertz CT molecular complexity index is 752. The molecule has 2 aliphatic carbocycles. The molecule has 0 spiro atoms. The first-order valence-corrected chi connectivity index (χ1v) is 12.7. The highest BCUT2D eigenvalue weighted by molar-refractivity contribution is 5.83. The number of hydrogen-bond acceptors (Lipinski definition) is 7. The maximum absolute atomic E-state index is 12.3. The number of aromatic nitrogens is 2. The molecule has 0 atom stereocenters. The number of carbonyl (C=O) groups is 1. The van der Waals surface area contributed by atoms with E-state index in [1.807, 2.05) is 6.07 Å². The number of nitrogens with zero attached hydrogens (tertiary/aromatic N) is 3. The molecule has 1 aromatic rings. The van der Waals surface area contributed by atoms with Gasteiger partial charge in [0.25, 0.3) is 0 Å². The minimum Gasteiger partial charge on any atom is -0.466 e. The maximum Gasteiger partial charge on any atom is 0.350 e. The molecule has 7 heteroatoms. The Labute approximate surface area is 192 Å². The summed E-state index contributed by atoms with van der Waals surface area (Å²) in [6.45, 7) is 4.81. The average molecular weight is 446 g/mol. The van der Waals surface area contributed by atoms with Crippen LogP contribution in [0.5, 0.6) is 5.88 Å². The van der Waals surface area contributed by atoms with Crippen molar-refractivity contribution in [3.05, 3.63) is 11.9 Å². The Morgan fingerprint density at radius 1 is 1.06 bits per heavy atom. The van der Waals surface area contributed by atoms with Gasteiger partial charge in [0.05, 0.1) is 13.2 Å². The van der Waals surface area contributed by atoms with Crippen LogP contribution in [0.15, 0.2) is 6.07 Å². The first-order valence-electron chi connectivity index (χ1n) is 12.7. The van der Waals surface area contributed by atoms with E-state index in [1.54, 1.807) is 0 Å². The number of anilines is 1. The van der Waals surface area contributed by atoms with Gasteiger partial charge in [0, 0.05) is 44.5 Å². The van der Waals surface area contributed by atoms with E-state index in [-0.39, 0.29) is 5.97 Å². The lowest BCUT2D eigenvalue weighted by Crippen LogP contribution is -2.38. The predicted molar refractivity (Wildman–Crippen MR) is 123 cm³/mol. The molecule has 1 aromatic heterocycles. The number of ether oxygens (including phenoxy) is 3. The van der Waals surface area contributed by atoms with Gasteiger partial charge in [-0.3, -0.25) is 0 Å². The summed E-state index contributed by atoms with van der Waals surface area (Å²) >= 11 is 0. The zero-order valence-corrected chi connectivity index (χ0v) is 19.8. The van der Waals surface area contributed by atoms with Crippen molar-refractivity contribution in [1.82, 2.24) is 9.97 Å². The standard InChI is InChI=1S/C25H39N3O4/c1-3-17-31-20-11-15-28(16-12-20)21-18-22(32-25(13-14-25)24(29)30-2)27-23(26-21)19-9-7-5-4-6-8-10-19/h18-20H,3-17H2,1-2H3. The average Bonchev–Trinajstić information content (AvgIpc) is 3.57. The molecule has 3 fully saturated rings. The largest absolute Gasteiger partial charge is 0.466 e. The summed E-state index contributed by atoms with van der Waals surface area (Å²) in [5.74, 6) is 2.36. The van der Waals surface area contributed by atoms with Crippen molar-refractivity contribution < 1.29 is 19.0 Å². The quantitative estimate of drug-likeness (QED) is 0.533. The molecular formula is C25H39N3O4. The number of hydrogen-bond donors (Lipinski definition) is 0.